The molecule has 0 spiro atoms. The number of carbonyl (C=O) groups excluding carboxylic acids is 2. The van der Waals surface area contributed by atoms with Gasteiger partial charge in [0.25, 0.3) is 5.91 Å². The molecule has 152 valence electrons. The summed E-state index contributed by atoms with van der Waals surface area (Å²) in [5.74, 6) is -0.729. The van der Waals surface area contributed by atoms with Crippen molar-refractivity contribution in [3.05, 3.63) is 71.3 Å². The lowest BCUT2D eigenvalue weighted by Crippen LogP contribution is -2.57. The Bertz CT molecular complexity index is 861. The average molecular weight is 392 g/mol. The Morgan fingerprint density at radius 3 is 2.45 bits per heavy atom. The van der Waals surface area contributed by atoms with Crippen LogP contribution in [0.25, 0.3) is 0 Å². The smallest absolute Gasteiger partial charge is 0.254 e. The fraction of sp³-hybridized carbons (Fsp3) is 0.417. The molecule has 1 aliphatic carbocycles. The zero-order chi connectivity index (χ0) is 20.2. The normalized spacial score (nSPS) is 21.8. The van der Waals surface area contributed by atoms with Gasteiger partial charge in [-0.3, -0.25) is 9.59 Å². The van der Waals surface area contributed by atoms with Crippen molar-refractivity contribution < 1.29 is 14.7 Å². The number of carbonyl (C=O) groups is 2. The molecule has 0 saturated heterocycles. The van der Waals surface area contributed by atoms with Crippen LogP contribution in [0.4, 0.5) is 0 Å². The van der Waals surface area contributed by atoms with Crippen LogP contribution in [0.5, 0.6) is 0 Å². The Morgan fingerprint density at radius 1 is 1.03 bits per heavy atom. The number of aliphatic hydroxyl groups is 1. The van der Waals surface area contributed by atoms with Crippen molar-refractivity contribution in [3.8, 4) is 0 Å². The van der Waals surface area contributed by atoms with Gasteiger partial charge in [-0.2, -0.15) is 0 Å². The highest BCUT2D eigenvalue weighted by molar-refractivity contribution is 6.01. The summed E-state index contributed by atoms with van der Waals surface area (Å²) in [6, 6.07) is 17.0. The van der Waals surface area contributed by atoms with E-state index in [0.717, 1.165) is 37.7 Å². The van der Waals surface area contributed by atoms with Gasteiger partial charge in [0.05, 0.1) is 18.6 Å². The van der Waals surface area contributed by atoms with E-state index in [4.69, 9.17) is 0 Å². The Kier molecular flexibility index (Phi) is 5.95. The van der Waals surface area contributed by atoms with Crippen LogP contribution in [0, 0.1) is 0 Å². The first kappa shape index (κ1) is 19.6. The lowest BCUT2D eigenvalue weighted by atomic mass is 9.81. The minimum atomic E-state index is -0.551. The topological polar surface area (TPSA) is 69.6 Å². The van der Waals surface area contributed by atoms with E-state index in [0.29, 0.717) is 12.1 Å². The van der Waals surface area contributed by atoms with Crippen LogP contribution >= 0.6 is 0 Å². The third kappa shape index (κ3) is 3.92. The van der Waals surface area contributed by atoms with Crippen LogP contribution in [0.1, 0.15) is 53.1 Å². The molecule has 2 unspecified atom stereocenters. The molecule has 1 fully saturated rings. The lowest BCUT2D eigenvalue weighted by Gasteiger charge is -2.43. The molecule has 0 aromatic heterocycles. The summed E-state index contributed by atoms with van der Waals surface area (Å²) < 4.78 is 0. The van der Waals surface area contributed by atoms with Gasteiger partial charge in [0, 0.05) is 18.2 Å². The SMILES string of the molecule is O=C(NCCc1ccccc1)C1c2ccccc2C(=O)N(C2CCCC2)C1CO. The molecule has 1 heterocycles. The van der Waals surface area contributed by atoms with Crippen LogP contribution in [-0.4, -0.2) is 47.1 Å². The van der Waals surface area contributed by atoms with Crippen LogP contribution in [0.2, 0.25) is 0 Å². The monoisotopic (exact) mass is 392 g/mol. The molecule has 2 amide bonds. The number of rotatable bonds is 6. The fourth-order valence-corrected chi connectivity index (χ4v) is 4.83. The Hall–Kier alpha value is -2.66. The molecule has 0 bridgehead atoms. The maximum Gasteiger partial charge on any atom is 0.254 e. The first-order chi connectivity index (χ1) is 14.2. The minimum absolute atomic E-state index is 0.0557. The molecule has 1 saturated carbocycles. The van der Waals surface area contributed by atoms with E-state index in [-0.39, 0.29) is 24.5 Å². The quantitative estimate of drug-likeness (QED) is 0.794. The van der Waals surface area contributed by atoms with Crippen molar-refractivity contribution in [1.82, 2.24) is 10.2 Å². The van der Waals surface area contributed by atoms with Crippen molar-refractivity contribution in [1.29, 1.82) is 0 Å². The van der Waals surface area contributed by atoms with Crippen LogP contribution in [-0.2, 0) is 11.2 Å². The Morgan fingerprint density at radius 2 is 1.72 bits per heavy atom. The fourth-order valence-electron chi connectivity index (χ4n) is 4.83. The molecule has 5 heteroatoms. The molecular formula is C24H28N2O3. The van der Waals surface area contributed by atoms with Crippen LogP contribution in [0.3, 0.4) is 0 Å². The van der Waals surface area contributed by atoms with E-state index in [1.165, 1.54) is 5.56 Å². The van der Waals surface area contributed by atoms with E-state index in [1.54, 1.807) is 11.0 Å². The first-order valence-electron chi connectivity index (χ1n) is 10.5. The van der Waals surface area contributed by atoms with Gasteiger partial charge >= 0.3 is 0 Å². The number of benzene rings is 2. The summed E-state index contributed by atoms with van der Waals surface area (Å²) in [6.07, 6.45) is 4.79. The molecule has 2 aromatic carbocycles. The number of amides is 2. The summed E-state index contributed by atoms with van der Waals surface area (Å²) >= 11 is 0. The Balaban J connectivity index is 1.58. The predicted octanol–water partition coefficient (Wildman–Crippen LogP) is 2.89. The van der Waals surface area contributed by atoms with E-state index in [1.807, 2.05) is 48.5 Å². The second-order valence-electron chi connectivity index (χ2n) is 7.99. The van der Waals surface area contributed by atoms with Gasteiger partial charge in [0.15, 0.2) is 0 Å². The van der Waals surface area contributed by atoms with Crippen molar-refractivity contribution >= 4 is 11.8 Å². The van der Waals surface area contributed by atoms with Crippen molar-refractivity contribution in [3.63, 3.8) is 0 Å². The zero-order valence-electron chi connectivity index (χ0n) is 16.6. The Labute approximate surface area is 171 Å². The summed E-state index contributed by atoms with van der Waals surface area (Å²) in [5.41, 5.74) is 2.48. The standard InChI is InChI=1S/C24H28N2O3/c27-16-21-22(23(28)25-15-14-17-8-2-1-3-9-17)19-12-6-7-13-20(19)24(29)26(21)18-10-4-5-11-18/h1-3,6-9,12-13,18,21-22,27H,4-5,10-11,14-16H2,(H,25,28). The second-order valence-corrected chi connectivity index (χ2v) is 7.99. The molecule has 29 heavy (non-hydrogen) atoms. The molecule has 2 aliphatic rings. The third-order valence-corrected chi connectivity index (χ3v) is 6.25. The minimum Gasteiger partial charge on any atom is -0.394 e. The van der Waals surface area contributed by atoms with Crippen molar-refractivity contribution in [2.45, 2.75) is 50.1 Å². The molecule has 2 N–H and O–H groups in total. The molecule has 2 aromatic rings. The van der Waals surface area contributed by atoms with Gasteiger partial charge < -0.3 is 15.3 Å². The predicted molar refractivity (Wildman–Crippen MR) is 112 cm³/mol. The number of fused-ring (bicyclic) bond motifs is 1. The molecule has 1 aliphatic heterocycles. The highest BCUT2D eigenvalue weighted by Crippen LogP contribution is 2.38. The second kappa shape index (κ2) is 8.78. The van der Waals surface area contributed by atoms with Crippen LogP contribution in [0.15, 0.2) is 54.6 Å². The van der Waals surface area contributed by atoms with Crippen molar-refractivity contribution in [2.24, 2.45) is 0 Å². The largest absolute Gasteiger partial charge is 0.394 e. The lowest BCUT2D eigenvalue weighted by molar-refractivity contribution is -0.124. The molecular weight excluding hydrogens is 364 g/mol. The zero-order valence-corrected chi connectivity index (χ0v) is 16.6. The van der Waals surface area contributed by atoms with E-state index >= 15 is 0 Å². The summed E-state index contributed by atoms with van der Waals surface area (Å²) in [6.45, 7) is 0.310. The summed E-state index contributed by atoms with van der Waals surface area (Å²) in [4.78, 5) is 28.3. The highest BCUT2D eigenvalue weighted by Gasteiger charge is 2.45. The molecule has 5 nitrogen and oxygen atoms in total. The maximum atomic E-state index is 13.2. The maximum absolute atomic E-state index is 13.2. The first-order valence-corrected chi connectivity index (χ1v) is 10.5. The van der Waals surface area contributed by atoms with E-state index in [9.17, 15) is 14.7 Å². The van der Waals surface area contributed by atoms with Crippen LogP contribution < -0.4 is 5.32 Å². The van der Waals surface area contributed by atoms with Gasteiger partial charge in [0.1, 0.15) is 0 Å². The number of nitrogens with one attached hydrogen (secondary N) is 1. The van der Waals surface area contributed by atoms with E-state index < -0.39 is 12.0 Å². The summed E-state index contributed by atoms with van der Waals surface area (Å²) in [5, 5.41) is 13.3. The van der Waals surface area contributed by atoms with Gasteiger partial charge in [-0.25, -0.2) is 0 Å². The molecule has 0 radical (unpaired) electrons. The van der Waals surface area contributed by atoms with Gasteiger partial charge in [-0.1, -0.05) is 61.4 Å². The highest BCUT2D eigenvalue weighted by atomic mass is 16.3. The average Bonchev–Trinajstić information content (AvgIpc) is 3.28. The van der Waals surface area contributed by atoms with Gasteiger partial charge in [-0.05, 0) is 36.5 Å². The van der Waals surface area contributed by atoms with Gasteiger partial charge in [0.2, 0.25) is 5.91 Å². The van der Waals surface area contributed by atoms with E-state index in [2.05, 4.69) is 5.32 Å². The van der Waals surface area contributed by atoms with Gasteiger partial charge in [-0.15, -0.1) is 0 Å². The molecule has 4 rings (SSSR count). The molecule has 2 atom stereocenters. The number of aliphatic hydroxyl groups excluding tert-OH is 1. The number of hydrogen-bond donors (Lipinski definition) is 2. The third-order valence-electron chi connectivity index (χ3n) is 6.25. The number of hydrogen-bond acceptors (Lipinski definition) is 3. The van der Waals surface area contributed by atoms with Crippen molar-refractivity contribution in [2.75, 3.05) is 13.2 Å². The summed E-state index contributed by atoms with van der Waals surface area (Å²) in [7, 11) is 0. The number of nitrogens with zero attached hydrogens (tertiary/aromatic N) is 1.